The molecule has 0 spiro atoms. The topological polar surface area (TPSA) is 58.1 Å². The first-order valence-electron chi connectivity index (χ1n) is 10.4. The van der Waals surface area contributed by atoms with Crippen LogP contribution in [0.2, 0.25) is 0 Å². The van der Waals surface area contributed by atoms with Crippen LogP contribution >= 0.6 is 24.8 Å². The summed E-state index contributed by atoms with van der Waals surface area (Å²) in [5.74, 6) is 0.814. The molecule has 3 aromatic rings. The molecule has 0 bridgehead atoms. The number of pyridine rings is 2. The predicted molar refractivity (Wildman–Crippen MR) is 131 cm³/mol. The summed E-state index contributed by atoms with van der Waals surface area (Å²) >= 11 is 0. The lowest BCUT2D eigenvalue weighted by Gasteiger charge is -2.32. The zero-order valence-electron chi connectivity index (χ0n) is 18.0. The minimum Gasteiger partial charge on any atom is -0.339 e. The van der Waals surface area contributed by atoms with Crippen LogP contribution < -0.4 is 5.32 Å². The Balaban J connectivity index is 0.00000171. The van der Waals surface area contributed by atoms with E-state index >= 15 is 0 Å². The van der Waals surface area contributed by atoms with Gasteiger partial charge >= 0.3 is 0 Å². The van der Waals surface area contributed by atoms with E-state index in [-0.39, 0.29) is 30.7 Å². The molecule has 1 aliphatic heterocycles. The van der Waals surface area contributed by atoms with Crippen LogP contribution in [0.25, 0.3) is 22.2 Å². The van der Waals surface area contributed by atoms with Crippen molar-refractivity contribution in [1.29, 1.82) is 0 Å². The summed E-state index contributed by atoms with van der Waals surface area (Å²) in [5, 5.41) is 4.16. The highest BCUT2D eigenvalue weighted by Crippen LogP contribution is 2.28. The molecule has 1 fully saturated rings. The summed E-state index contributed by atoms with van der Waals surface area (Å²) in [6.07, 6.45) is 6.87. The Bertz CT molecular complexity index is 1010. The fourth-order valence-corrected chi connectivity index (χ4v) is 4.12. The van der Waals surface area contributed by atoms with E-state index in [1.807, 2.05) is 42.3 Å². The highest BCUT2D eigenvalue weighted by Gasteiger charge is 2.25. The average Bonchev–Trinajstić information content (AvgIpc) is 2.77. The first-order valence-corrected chi connectivity index (χ1v) is 10.4. The molecule has 5 nitrogen and oxygen atoms in total. The quantitative estimate of drug-likeness (QED) is 0.587. The van der Waals surface area contributed by atoms with Crippen molar-refractivity contribution in [1.82, 2.24) is 20.2 Å². The normalized spacial score (nSPS) is 14.1. The molecule has 0 radical (unpaired) electrons. The second-order valence-electron chi connectivity index (χ2n) is 7.95. The molecular weight excluding hydrogens is 431 g/mol. The van der Waals surface area contributed by atoms with Gasteiger partial charge in [-0.3, -0.25) is 9.78 Å². The number of carbonyl (C=O) groups excluding carboxylic acids is 1. The van der Waals surface area contributed by atoms with E-state index in [4.69, 9.17) is 4.98 Å². The first-order chi connectivity index (χ1) is 14.2. The maximum Gasteiger partial charge on any atom is 0.254 e. The highest BCUT2D eigenvalue weighted by atomic mass is 35.5. The Hall–Kier alpha value is -2.21. The van der Waals surface area contributed by atoms with E-state index in [2.05, 4.69) is 23.3 Å². The van der Waals surface area contributed by atoms with Crippen molar-refractivity contribution < 1.29 is 4.79 Å². The van der Waals surface area contributed by atoms with Gasteiger partial charge in [0.2, 0.25) is 0 Å². The Morgan fingerprint density at radius 3 is 2.61 bits per heavy atom. The number of piperidine rings is 1. The third kappa shape index (κ3) is 5.73. The van der Waals surface area contributed by atoms with Gasteiger partial charge in [0.05, 0.1) is 16.8 Å². The van der Waals surface area contributed by atoms with Crippen LogP contribution in [0.5, 0.6) is 0 Å². The van der Waals surface area contributed by atoms with Crippen LogP contribution in [-0.2, 0) is 0 Å². The summed E-state index contributed by atoms with van der Waals surface area (Å²) in [7, 11) is 2.00. The molecule has 0 saturated carbocycles. The number of aromatic nitrogens is 2. The zero-order valence-corrected chi connectivity index (χ0v) is 19.6. The number of halogens is 2. The molecule has 2 aromatic heterocycles. The second kappa shape index (κ2) is 11.4. The molecular formula is C24H30Cl2N4O. The van der Waals surface area contributed by atoms with E-state index in [0.29, 0.717) is 5.92 Å². The van der Waals surface area contributed by atoms with E-state index in [9.17, 15) is 4.79 Å². The number of nitrogens with zero attached hydrogens (tertiary/aromatic N) is 3. The Morgan fingerprint density at radius 1 is 1.16 bits per heavy atom. The van der Waals surface area contributed by atoms with Gasteiger partial charge in [-0.25, -0.2) is 4.98 Å². The molecule has 1 saturated heterocycles. The van der Waals surface area contributed by atoms with Crippen LogP contribution in [0, 0.1) is 12.8 Å². The number of nitrogens with one attached hydrogen (secondary N) is 1. The number of hydrogen-bond donors (Lipinski definition) is 1. The maximum absolute atomic E-state index is 13.5. The van der Waals surface area contributed by atoms with Crippen molar-refractivity contribution in [2.75, 3.05) is 26.7 Å². The number of benzene rings is 1. The Labute approximate surface area is 196 Å². The van der Waals surface area contributed by atoms with Gasteiger partial charge < -0.3 is 10.2 Å². The molecule has 1 aromatic carbocycles. The predicted octanol–water partition coefficient (Wildman–Crippen LogP) is 4.91. The monoisotopic (exact) mass is 460 g/mol. The molecule has 166 valence electrons. The van der Waals surface area contributed by atoms with Gasteiger partial charge in [0.25, 0.3) is 5.91 Å². The number of fused-ring (bicyclic) bond motifs is 1. The number of likely N-dealkylation sites (tertiary alicyclic amines) is 1. The largest absolute Gasteiger partial charge is 0.339 e. The third-order valence-corrected chi connectivity index (χ3v) is 5.86. The smallest absolute Gasteiger partial charge is 0.254 e. The van der Waals surface area contributed by atoms with Crippen LogP contribution in [0.15, 0.2) is 48.8 Å². The SMILES string of the molecule is CNCCC1CCN(C(=O)c2cc(-c3cccnc3)nc3ccc(C)cc23)CC1.Cl.Cl. The van der Waals surface area contributed by atoms with Gasteiger partial charge in [0.15, 0.2) is 0 Å². The number of carbonyl (C=O) groups is 1. The van der Waals surface area contributed by atoms with E-state index in [1.54, 1.807) is 12.4 Å². The number of rotatable bonds is 5. The summed E-state index contributed by atoms with van der Waals surface area (Å²) in [6, 6.07) is 11.9. The van der Waals surface area contributed by atoms with Crippen molar-refractivity contribution in [2.24, 2.45) is 5.92 Å². The minimum absolute atomic E-state index is 0. The molecule has 3 heterocycles. The van der Waals surface area contributed by atoms with Gasteiger partial charge in [-0.05, 0) is 76.0 Å². The van der Waals surface area contributed by atoms with Crippen LogP contribution in [-0.4, -0.2) is 47.5 Å². The third-order valence-electron chi connectivity index (χ3n) is 5.86. The van der Waals surface area contributed by atoms with E-state index in [1.165, 1.54) is 6.42 Å². The zero-order chi connectivity index (χ0) is 20.2. The van der Waals surface area contributed by atoms with Gasteiger partial charge in [-0.1, -0.05) is 11.6 Å². The lowest BCUT2D eigenvalue weighted by molar-refractivity contribution is 0.0689. The van der Waals surface area contributed by atoms with Crippen molar-refractivity contribution in [3.63, 3.8) is 0 Å². The molecule has 0 atom stereocenters. The molecule has 0 unspecified atom stereocenters. The average molecular weight is 461 g/mol. The Morgan fingerprint density at radius 2 is 1.94 bits per heavy atom. The van der Waals surface area contributed by atoms with Gasteiger partial charge in [-0.2, -0.15) is 0 Å². The fraction of sp³-hybridized carbons (Fsp3) is 0.375. The van der Waals surface area contributed by atoms with Crippen molar-refractivity contribution in [3.05, 3.63) is 59.9 Å². The summed E-state index contributed by atoms with van der Waals surface area (Å²) < 4.78 is 0. The van der Waals surface area contributed by atoms with Crippen LogP contribution in [0.1, 0.15) is 35.2 Å². The minimum atomic E-state index is 0. The molecule has 1 amide bonds. The van der Waals surface area contributed by atoms with Gasteiger partial charge in [0.1, 0.15) is 0 Å². The lowest BCUT2D eigenvalue weighted by atomic mass is 9.93. The lowest BCUT2D eigenvalue weighted by Crippen LogP contribution is -2.39. The number of aryl methyl sites for hydroxylation is 1. The summed E-state index contributed by atoms with van der Waals surface area (Å²) in [5.41, 5.74) is 4.44. The van der Waals surface area contributed by atoms with Crippen molar-refractivity contribution in [3.8, 4) is 11.3 Å². The summed E-state index contributed by atoms with van der Waals surface area (Å²) in [6.45, 7) is 4.74. The van der Waals surface area contributed by atoms with Crippen LogP contribution in [0.4, 0.5) is 0 Å². The number of hydrogen-bond acceptors (Lipinski definition) is 4. The van der Waals surface area contributed by atoms with E-state index in [0.717, 1.165) is 65.8 Å². The first kappa shape index (κ1) is 25.1. The van der Waals surface area contributed by atoms with Crippen molar-refractivity contribution >= 4 is 41.6 Å². The maximum atomic E-state index is 13.5. The molecule has 7 heteroatoms. The van der Waals surface area contributed by atoms with Gasteiger partial charge in [-0.15, -0.1) is 24.8 Å². The molecule has 0 aliphatic carbocycles. The van der Waals surface area contributed by atoms with Gasteiger partial charge in [0, 0.05) is 36.4 Å². The van der Waals surface area contributed by atoms with E-state index < -0.39 is 0 Å². The Kier molecular flexibility index (Phi) is 9.23. The highest BCUT2D eigenvalue weighted by molar-refractivity contribution is 6.07. The fourth-order valence-electron chi connectivity index (χ4n) is 4.12. The molecule has 1 N–H and O–H groups in total. The summed E-state index contributed by atoms with van der Waals surface area (Å²) in [4.78, 5) is 24.5. The molecule has 4 rings (SSSR count). The standard InChI is InChI=1S/C24H28N4O.2ClH/c1-17-5-6-22-20(14-17)21(15-23(27-22)19-4-3-10-26-16-19)24(29)28-12-8-18(9-13-28)7-11-25-2;;/h3-6,10,14-16,18,25H,7-9,11-13H2,1-2H3;2*1H. The van der Waals surface area contributed by atoms with Crippen LogP contribution in [0.3, 0.4) is 0 Å². The number of amides is 1. The molecule has 1 aliphatic rings. The van der Waals surface area contributed by atoms with Crippen molar-refractivity contribution in [2.45, 2.75) is 26.2 Å². The second-order valence-corrected chi connectivity index (χ2v) is 7.95. The molecule has 31 heavy (non-hydrogen) atoms.